The number of amides is 2. The molecule has 142 valence electrons. The number of benzene rings is 2. The monoisotopic (exact) mass is 396 g/mol. The maximum Gasteiger partial charge on any atom is 0.261 e. The first-order valence-corrected chi connectivity index (χ1v) is 8.73. The van der Waals surface area contributed by atoms with Gasteiger partial charge in [0.25, 0.3) is 5.91 Å². The molecule has 0 fully saturated rings. The molecule has 3 aromatic rings. The zero-order valence-electron chi connectivity index (χ0n) is 15.0. The second-order valence-electron chi connectivity index (χ2n) is 5.91. The van der Waals surface area contributed by atoms with E-state index < -0.39 is 0 Å². The van der Waals surface area contributed by atoms with Gasteiger partial charge in [-0.2, -0.15) is 5.10 Å². The van der Waals surface area contributed by atoms with Gasteiger partial charge in [0.2, 0.25) is 5.91 Å². The van der Waals surface area contributed by atoms with Crippen molar-refractivity contribution >= 4 is 35.3 Å². The first-order chi connectivity index (χ1) is 13.5. The van der Waals surface area contributed by atoms with Crippen LogP contribution in [0.1, 0.15) is 12.5 Å². The van der Waals surface area contributed by atoms with Gasteiger partial charge in [-0.05, 0) is 29.8 Å². The lowest BCUT2D eigenvalue weighted by Crippen LogP contribution is -2.23. The number of anilines is 1. The first-order valence-electron chi connectivity index (χ1n) is 8.35. The molecule has 8 nitrogen and oxygen atoms in total. The number of hydrogen-bond donors (Lipinski definition) is 2. The summed E-state index contributed by atoms with van der Waals surface area (Å²) >= 11 is 5.89. The smallest absolute Gasteiger partial charge is 0.261 e. The van der Waals surface area contributed by atoms with Crippen LogP contribution >= 0.6 is 11.6 Å². The number of nitrogens with zero attached hydrogens (tertiary/aromatic N) is 4. The summed E-state index contributed by atoms with van der Waals surface area (Å²) in [5, 5.41) is 15.2. The number of carbonyl (C=O) groups is 2. The van der Waals surface area contributed by atoms with Crippen LogP contribution in [0.25, 0.3) is 11.3 Å². The zero-order valence-corrected chi connectivity index (χ0v) is 15.7. The van der Waals surface area contributed by atoms with Gasteiger partial charge < -0.3 is 5.32 Å². The SMILES string of the molecule is CC(=O)Nc1cccc(-c2cn(CC(=O)NN=Cc3cccc(Cl)c3)nn2)c1. The van der Waals surface area contributed by atoms with Crippen molar-refractivity contribution in [1.29, 1.82) is 0 Å². The minimum absolute atomic E-state index is 0.0364. The van der Waals surface area contributed by atoms with E-state index in [1.54, 1.807) is 42.6 Å². The molecule has 1 aromatic heterocycles. The Morgan fingerprint density at radius 3 is 2.82 bits per heavy atom. The van der Waals surface area contributed by atoms with Crippen molar-refractivity contribution < 1.29 is 9.59 Å². The number of hydrazone groups is 1. The molecular weight excluding hydrogens is 380 g/mol. The summed E-state index contributed by atoms with van der Waals surface area (Å²) in [6.45, 7) is 1.40. The summed E-state index contributed by atoms with van der Waals surface area (Å²) in [5.41, 5.74) is 5.22. The Labute approximate surface area is 166 Å². The van der Waals surface area contributed by atoms with E-state index in [1.807, 2.05) is 12.1 Å². The van der Waals surface area contributed by atoms with Gasteiger partial charge in [-0.15, -0.1) is 5.10 Å². The predicted octanol–water partition coefficient (Wildman–Crippen LogP) is 2.71. The molecule has 2 N–H and O–H groups in total. The van der Waals surface area contributed by atoms with Crippen molar-refractivity contribution in [2.45, 2.75) is 13.5 Å². The van der Waals surface area contributed by atoms with E-state index in [-0.39, 0.29) is 18.4 Å². The third-order valence-corrected chi connectivity index (χ3v) is 3.81. The van der Waals surface area contributed by atoms with Crippen molar-refractivity contribution in [3.05, 3.63) is 65.3 Å². The van der Waals surface area contributed by atoms with Crippen LogP contribution in [-0.4, -0.2) is 33.0 Å². The molecule has 0 unspecified atom stereocenters. The lowest BCUT2D eigenvalue weighted by atomic mass is 10.1. The summed E-state index contributed by atoms with van der Waals surface area (Å²) < 4.78 is 1.41. The molecular formula is C19H17ClN6O2. The van der Waals surface area contributed by atoms with Gasteiger partial charge >= 0.3 is 0 Å². The van der Waals surface area contributed by atoms with Crippen molar-refractivity contribution in [2.24, 2.45) is 5.10 Å². The van der Waals surface area contributed by atoms with Crippen LogP contribution in [0, 0.1) is 0 Å². The van der Waals surface area contributed by atoms with E-state index in [9.17, 15) is 9.59 Å². The third kappa shape index (κ3) is 5.49. The van der Waals surface area contributed by atoms with Crippen molar-refractivity contribution in [1.82, 2.24) is 20.4 Å². The van der Waals surface area contributed by atoms with Crippen molar-refractivity contribution in [2.75, 3.05) is 5.32 Å². The Kier molecular flexibility index (Phi) is 6.13. The van der Waals surface area contributed by atoms with Crippen LogP contribution in [0.5, 0.6) is 0 Å². The number of carbonyl (C=O) groups excluding carboxylic acids is 2. The van der Waals surface area contributed by atoms with Gasteiger partial charge in [0.1, 0.15) is 12.2 Å². The predicted molar refractivity (Wildman–Crippen MR) is 107 cm³/mol. The molecule has 0 saturated carbocycles. The Bertz CT molecular complexity index is 1030. The van der Waals surface area contributed by atoms with E-state index in [1.165, 1.54) is 17.8 Å². The maximum absolute atomic E-state index is 12.0. The van der Waals surface area contributed by atoms with Crippen molar-refractivity contribution in [3.63, 3.8) is 0 Å². The highest BCUT2D eigenvalue weighted by atomic mass is 35.5. The fourth-order valence-electron chi connectivity index (χ4n) is 2.42. The molecule has 0 bridgehead atoms. The quantitative estimate of drug-likeness (QED) is 0.494. The summed E-state index contributed by atoms with van der Waals surface area (Å²) in [4.78, 5) is 23.2. The van der Waals surface area contributed by atoms with E-state index in [0.717, 1.165) is 11.1 Å². The molecule has 0 radical (unpaired) electrons. The molecule has 28 heavy (non-hydrogen) atoms. The fraction of sp³-hybridized carbons (Fsp3) is 0.105. The largest absolute Gasteiger partial charge is 0.326 e. The van der Waals surface area contributed by atoms with E-state index >= 15 is 0 Å². The summed E-state index contributed by atoms with van der Waals surface area (Å²) in [5.74, 6) is -0.502. The van der Waals surface area contributed by atoms with Crippen LogP contribution in [-0.2, 0) is 16.1 Å². The molecule has 1 heterocycles. The minimum Gasteiger partial charge on any atom is -0.326 e. The molecule has 2 amide bonds. The Morgan fingerprint density at radius 2 is 2.04 bits per heavy atom. The van der Waals surface area contributed by atoms with E-state index in [0.29, 0.717) is 16.4 Å². The van der Waals surface area contributed by atoms with Gasteiger partial charge in [-0.3, -0.25) is 9.59 Å². The molecule has 0 aliphatic heterocycles. The average molecular weight is 397 g/mol. The topological polar surface area (TPSA) is 101 Å². The summed E-state index contributed by atoms with van der Waals surface area (Å²) in [6.07, 6.45) is 3.15. The Balaban J connectivity index is 1.59. The normalized spacial score (nSPS) is 10.8. The second-order valence-corrected chi connectivity index (χ2v) is 6.35. The number of hydrogen-bond acceptors (Lipinski definition) is 5. The number of nitrogens with one attached hydrogen (secondary N) is 2. The van der Waals surface area contributed by atoms with Gasteiger partial charge in [0, 0.05) is 23.2 Å². The first kappa shape index (κ1) is 19.2. The van der Waals surface area contributed by atoms with Gasteiger partial charge in [0.05, 0.1) is 12.4 Å². The highest BCUT2D eigenvalue weighted by molar-refractivity contribution is 6.30. The number of rotatable bonds is 6. The lowest BCUT2D eigenvalue weighted by Gasteiger charge is -2.03. The van der Waals surface area contributed by atoms with Crippen molar-refractivity contribution in [3.8, 4) is 11.3 Å². The highest BCUT2D eigenvalue weighted by Crippen LogP contribution is 2.20. The maximum atomic E-state index is 12.0. The molecule has 2 aromatic carbocycles. The molecule has 0 atom stereocenters. The summed E-state index contributed by atoms with van der Waals surface area (Å²) in [7, 11) is 0. The fourth-order valence-corrected chi connectivity index (χ4v) is 2.61. The second kappa shape index (κ2) is 8.92. The van der Waals surface area contributed by atoms with Gasteiger partial charge in [0.15, 0.2) is 0 Å². The van der Waals surface area contributed by atoms with Crippen LogP contribution in [0.3, 0.4) is 0 Å². The zero-order chi connectivity index (χ0) is 19.9. The molecule has 0 aliphatic carbocycles. The molecule has 0 spiro atoms. The van der Waals surface area contributed by atoms with Crippen LogP contribution < -0.4 is 10.7 Å². The molecule has 3 rings (SSSR count). The molecule has 0 aliphatic rings. The van der Waals surface area contributed by atoms with Crippen LogP contribution in [0.2, 0.25) is 5.02 Å². The third-order valence-electron chi connectivity index (χ3n) is 3.57. The Hall–Kier alpha value is -3.52. The number of aromatic nitrogens is 3. The van der Waals surface area contributed by atoms with Crippen LogP contribution in [0.15, 0.2) is 59.8 Å². The van der Waals surface area contributed by atoms with E-state index in [2.05, 4.69) is 26.2 Å². The minimum atomic E-state index is -0.346. The standard InChI is InChI=1S/C19H17ClN6O2/c1-13(27)22-17-7-3-5-15(9-17)18-11-26(25-23-18)12-19(28)24-21-10-14-4-2-6-16(20)8-14/h2-11H,12H2,1H3,(H,22,27)(H,24,28). The van der Waals surface area contributed by atoms with E-state index in [4.69, 9.17) is 11.6 Å². The van der Waals surface area contributed by atoms with Gasteiger partial charge in [-0.1, -0.05) is 41.1 Å². The summed E-state index contributed by atoms with van der Waals surface area (Å²) in [6, 6.07) is 14.3. The lowest BCUT2D eigenvalue weighted by molar-refractivity contribution is -0.121. The molecule has 9 heteroatoms. The Morgan fingerprint density at radius 1 is 1.21 bits per heavy atom. The molecule has 0 saturated heterocycles. The highest BCUT2D eigenvalue weighted by Gasteiger charge is 2.08. The average Bonchev–Trinajstić information content (AvgIpc) is 3.10. The number of halogens is 1. The van der Waals surface area contributed by atoms with Crippen LogP contribution in [0.4, 0.5) is 5.69 Å². The van der Waals surface area contributed by atoms with Gasteiger partial charge in [-0.25, -0.2) is 10.1 Å².